The van der Waals surface area contributed by atoms with Gasteiger partial charge in [0.15, 0.2) is 0 Å². The Labute approximate surface area is 163 Å². The summed E-state index contributed by atoms with van der Waals surface area (Å²) in [5, 5.41) is 0. The molecule has 0 aromatic heterocycles. The quantitative estimate of drug-likeness (QED) is 0.818. The van der Waals surface area contributed by atoms with Gasteiger partial charge < -0.3 is 10.6 Å². The Morgan fingerprint density at radius 2 is 1.89 bits per heavy atom. The average molecular weight is 366 g/mol. The van der Waals surface area contributed by atoms with Crippen molar-refractivity contribution in [1.29, 1.82) is 0 Å². The highest BCUT2D eigenvalue weighted by atomic mass is 16.2. The first-order valence-corrected chi connectivity index (χ1v) is 9.94. The van der Waals surface area contributed by atoms with E-state index in [0.29, 0.717) is 12.5 Å². The normalized spacial score (nSPS) is 18.4. The van der Waals surface area contributed by atoms with Crippen molar-refractivity contribution in [2.75, 3.05) is 26.2 Å². The van der Waals surface area contributed by atoms with Crippen molar-refractivity contribution in [3.05, 3.63) is 71.3 Å². The maximum Gasteiger partial charge on any atom is 0.244 e. The Hall–Kier alpha value is -2.17. The number of hydrogen-bond acceptors (Lipinski definition) is 3. The van der Waals surface area contributed by atoms with Crippen LogP contribution in [0.4, 0.5) is 0 Å². The number of amides is 1. The number of carbonyl (C=O) groups is 1. The van der Waals surface area contributed by atoms with Crippen LogP contribution in [0, 0.1) is 12.8 Å². The standard InChI is InChI=1S/C23H31N3O/c1-3-26(23(27)22(24)21-11-9-18(2)10-12-21)17-20-13-14-25(16-20)15-19-7-5-4-6-8-19/h4-12,20,22H,3,13-17,24H2,1-2H3. The Kier molecular flexibility index (Phi) is 6.64. The predicted molar refractivity (Wildman–Crippen MR) is 110 cm³/mol. The molecule has 1 heterocycles. The first kappa shape index (κ1) is 19.6. The van der Waals surface area contributed by atoms with E-state index in [-0.39, 0.29) is 5.91 Å². The van der Waals surface area contributed by atoms with Crippen molar-refractivity contribution in [2.45, 2.75) is 32.9 Å². The monoisotopic (exact) mass is 365 g/mol. The second-order valence-electron chi connectivity index (χ2n) is 7.64. The van der Waals surface area contributed by atoms with Crippen molar-refractivity contribution < 1.29 is 4.79 Å². The third-order valence-corrected chi connectivity index (χ3v) is 5.49. The van der Waals surface area contributed by atoms with Crippen molar-refractivity contribution in [2.24, 2.45) is 11.7 Å². The molecule has 1 aliphatic heterocycles. The van der Waals surface area contributed by atoms with Gasteiger partial charge in [-0.1, -0.05) is 60.2 Å². The number of nitrogens with two attached hydrogens (primary N) is 1. The van der Waals surface area contributed by atoms with Crippen molar-refractivity contribution in [1.82, 2.24) is 9.80 Å². The molecule has 2 aromatic carbocycles. The third-order valence-electron chi connectivity index (χ3n) is 5.49. The molecule has 3 rings (SSSR count). The smallest absolute Gasteiger partial charge is 0.244 e. The summed E-state index contributed by atoms with van der Waals surface area (Å²) >= 11 is 0. The molecular weight excluding hydrogens is 334 g/mol. The fourth-order valence-electron chi connectivity index (χ4n) is 3.85. The molecule has 144 valence electrons. The molecule has 0 saturated carbocycles. The van der Waals surface area contributed by atoms with Gasteiger partial charge in [-0.3, -0.25) is 9.69 Å². The van der Waals surface area contributed by atoms with Crippen LogP contribution in [0.1, 0.15) is 36.1 Å². The average Bonchev–Trinajstić information content (AvgIpc) is 3.13. The van der Waals surface area contributed by atoms with Gasteiger partial charge in [-0.15, -0.1) is 0 Å². The van der Waals surface area contributed by atoms with E-state index in [1.54, 1.807) is 0 Å². The van der Waals surface area contributed by atoms with E-state index in [1.165, 1.54) is 11.1 Å². The minimum atomic E-state index is -0.577. The van der Waals surface area contributed by atoms with Crippen LogP contribution in [0.2, 0.25) is 0 Å². The van der Waals surface area contributed by atoms with Crippen LogP contribution in [0.3, 0.4) is 0 Å². The van der Waals surface area contributed by atoms with Gasteiger partial charge in [-0.05, 0) is 43.9 Å². The first-order chi connectivity index (χ1) is 13.1. The van der Waals surface area contributed by atoms with Gasteiger partial charge in [0.2, 0.25) is 5.91 Å². The number of likely N-dealkylation sites (N-methyl/N-ethyl adjacent to an activating group) is 1. The van der Waals surface area contributed by atoms with E-state index < -0.39 is 6.04 Å². The lowest BCUT2D eigenvalue weighted by molar-refractivity contribution is -0.133. The Morgan fingerprint density at radius 1 is 1.19 bits per heavy atom. The zero-order chi connectivity index (χ0) is 19.2. The summed E-state index contributed by atoms with van der Waals surface area (Å²) in [7, 11) is 0. The van der Waals surface area contributed by atoms with E-state index in [2.05, 4.69) is 35.2 Å². The Balaban J connectivity index is 1.55. The zero-order valence-corrected chi connectivity index (χ0v) is 16.5. The maximum absolute atomic E-state index is 12.9. The summed E-state index contributed by atoms with van der Waals surface area (Å²) in [6, 6.07) is 18.0. The number of aryl methyl sites for hydroxylation is 1. The molecule has 4 heteroatoms. The van der Waals surface area contributed by atoms with Crippen LogP contribution in [-0.4, -0.2) is 41.9 Å². The molecule has 1 aliphatic rings. The van der Waals surface area contributed by atoms with Gasteiger partial charge in [0.1, 0.15) is 6.04 Å². The number of hydrogen-bond donors (Lipinski definition) is 1. The van der Waals surface area contributed by atoms with Crippen molar-refractivity contribution in [3.8, 4) is 0 Å². The van der Waals surface area contributed by atoms with Crippen LogP contribution in [0.15, 0.2) is 54.6 Å². The van der Waals surface area contributed by atoms with Gasteiger partial charge in [0.25, 0.3) is 0 Å². The lowest BCUT2D eigenvalue weighted by atomic mass is 10.0. The lowest BCUT2D eigenvalue weighted by Gasteiger charge is -2.27. The highest BCUT2D eigenvalue weighted by Gasteiger charge is 2.28. The SMILES string of the molecule is CCN(CC1CCN(Cc2ccccc2)C1)C(=O)C(N)c1ccc(C)cc1. The fraction of sp³-hybridized carbons (Fsp3) is 0.435. The summed E-state index contributed by atoms with van der Waals surface area (Å²) in [4.78, 5) is 17.3. The number of carbonyl (C=O) groups excluding carboxylic acids is 1. The fourth-order valence-corrected chi connectivity index (χ4v) is 3.85. The molecule has 2 aromatic rings. The van der Waals surface area contributed by atoms with Crippen LogP contribution in [0.25, 0.3) is 0 Å². The molecule has 0 radical (unpaired) electrons. The molecule has 1 amide bonds. The van der Waals surface area contributed by atoms with E-state index in [1.807, 2.05) is 43.0 Å². The summed E-state index contributed by atoms with van der Waals surface area (Å²) in [5.74, 6) is 0.547. The number of benzene rings is 2. The molecule has 2 atom stereocenters. The number of rotatable bonds is 7. The molecule has 0 spiro atoms. The molecule has 0 aliphatic carbocycles. The minimum absolute atomic E-state index is 0.0304. The Bertz CT molecular complexity index is 729. The van der Waals surface area contributed by atoms with Crippen molar-refractivity contribution >= 4 is 5.91 Å². The second-order valence-corrected chi connectivity index (χ2v) is 7.64. The molecule has 4 nitrogen and oxygen atoms in total. The molecule has 1 saturated heterocycles. The molecule has 2 N–H and O–H groups in total. The molecule has 27 heavy (non-hydrogen) atoms. The molecule has 1 fully saturated rings. The highest BCUT2D eigenvalue weighted by molar-refractivity contribution is 5.83. The maximum atomic E-state index is 12.9. The van der Waals surface area contributed by atoms with Gasteiger partial charge in [-0.2, -0.15) is 0 Å². The molecule has 2 unspecified atom stereocenters. The van der Waals surface area contributed by atoms with Gasteiger partial charge >= 0.3 is 0 Å². The second kappa shape index (κ2) is 9.16. The van der Waals surface area contributed by atoms with E-state index in [0.717, 1.165) is 38.2 Å². The summed E-state index contributed by atoms with van der Waals surface area (Å²) in [6.45, 7) is 8.69. The minimum Gasteiger partial charge on any atom is -0.341 e. The van der Waals surface area contributed by atoms with Crippen LogP contribution >= 0.6 is 0 Å². The van der Waals surface area contributed by atoms with E-state index >= 15 is 0 Å². The molecular formula is C23H31N3O. The van der Waals surface area contributed by atoms with Crippen molar-refractivity contribution in [3.63, 3.8) is 0 Å². The number of nitrogens with zero attached hydrogens (tertiary/aromatic N) is 2. The summed E-state index contributed by atoms with van der Waals surface area (Å²) in [5.41, 5.74) is 9.68. The largest absolute Gasteiger partial charge is 0.341 e. The molecule has 0 bridgehead atoms. The van der Waals surface area contributed by atoms with Crippen LogP contribution in [-0.2, 0) is 11.3 Å². The first-order valence-electron chi connectivity index (χ1n) is 9.94. The lowest BCUT2D eigenvalue weighted by Crippen LogP contribution is -2.41. The third kappa shape index (κ3) is 5.18. The van der Waals surface area contributed by atoms with Gasteiger partial charge in [-0.25, -0.2) is 0 Å². The van der Waals surface area contributed by atoms with Gasteiger partial charge in [0, 0.05) is 26.2 Å². The number of likely N-dealkylation sites (tertiary alicyclic amines) is 1. The van der Waals surface area contributed by atoms with Gasteiger partial charge in [0.05, 0.1) is 0 Å². The van der Waals surface area contributed by atoms with Crippen LogP contribution in [0.5, 0.6) is 0 Å². The zero-order valence-electron chi connectivity index (χ0n) is 16.5. The highest BCUT2D eigenvalue weighted by Crippen LogP contribution is 2.21. The van der Waals surface area contributed by atoms with Crippen LogP contribution < -0.4 is 5.73 Å². The summed E-state index contributed by atoms with van der Waals surface area (Å²) in [6.07, 6.45) is 1.14. The van der Waals surface area contributed by atoms with E-state index in [9.17, 15) is 4.79 Å². The predicted octanol–water partition coefficient (Wildman–Crippen LogP) is 3.37. The Morgan fingerprint density at radius 3 is 2.56 bits per heavy atom. The topological polar surface area (TPSA) is 49.6 Å². The summed E-state index contributed by atoms with van der Waals surface area (Å²) < 4.78 is 0. The van der Waals surface area contributed by atoms with E-state index in [4.69, 9.17) is 5.73 Å².